The van der Waals surface area contributed by atoms with Crippen LogP contribution in [0.3, 0.4) is 0 Å². The van der Waals surface area contributed by atoms with Crippen molar-refractivity contribution < 1.29 is 4.79 Å². The fourth-order valence-corrected chi connectivity index (χ4v) is 3.92. The highest BCUT2D eigenvalue weighted by Crippen LogP contribution is 2.26. The van der Waals surface area contributed by atoms with Crippen molar-refractivity contribution >= 4 is 45.9 Å². The van der Waals surface area contributed by atoms with Crippen molar-refractivity contribution in [3.63, 3.8) is 0 Å². The van der Waals surface area contributed by atoms with Gasteiger partial charge in [0.15, 0.2) is 5.16 Å². The Morgan fingerprint density at radius 1 is 1.15 bits per heavy atom. The normalized spacial score (nSPS) is 12.3. The number of amides is 1. The molecule has 0 fully saturated rings. The van der Waals surface area contributed by atoms with Crippen LogP contribution in [-0.2, 0) is 4.79 Å². The summed E-state index contributed by atoms with van der Waals surface area (Å²) in [6.45, 7) is 5.65. The van der Waals surface area contributed by atoms with Crippen molar-refractivity contribution in [2.45, 2.75) is 37.2 Å². The molecule has 0 aliphatic carbocycles. The predicted octanol–water partition coefficient (Wildman–Crippen LogP) is 4.75. The number of carbonyl (C=O) groups is 1. The molecule has 1 aromatic heterocycles. The average molecular weight is 402 g/mol. The molecule has 1 heterocycles. The van der Waals surface area contributed by atoms with Crippen molar-refractivity contribution in [1.29, 1.82) is 0 Å². The van der Waals surface area contributed by atoms with Gasteiger partial charge in [0.25, 0.3) is 5.56 Å². The number of nitrogens with one attached hydrogen (secondary N) is 1. The minimum absolute atomic E-state index is 0.0692. The molecule has 27 heavy (non-hydrogen) atoms. The lowest BCUT2D eigenvalue weighted by Gasteiger charge is -2.18. The molecule has 0 spiro atoms. The first-order valence-corrected chi connectivity index (χ1v) is 9.87. The fraction of sp³-hybridized carbons (Fsp3) is 0.250. The lowest BCUT2D eigenvalue weighted by atomic mass is 10.2. The van der Waals surface area contributed by atoms with Gasteiger partial charge in [0.1, 0.15) is 0 Å². The van der Waals surface area contributed by atoms with E-state index < -0.39 is 5.25 Å². The number of carbonyl (C=O) groups excluding carboxylic acids is 1. The number of anilines is 1. The maximum Gasteiger partial charge on any atom is 0.262 e. The highest BCUT2D eigenvalue weighted by molar-refractivity contribution is 8.00. The quantitative estimate of drug-likeness (QED) is 0.495. The molecule has 7 heteroatoms. The molecule has 5 nitrogen and oxygen atoms in total. The van der Waals surface area contributed by atoms with Gasteiger partial charge in [-0.2, -0.15) is 0 Å². The number of aromatic nitrogens is 2. The molecule has 0 bridgehead atoms. The summed E-state index contributed by atoms with van der Waals surface area (Å²) in [5.41, 5.74) is 1.16. The highest BCUT2D eigenvalue weighted by atomic mass is 35.5. The molecular formula is C20H20ClN3O2S. The first-order chi connectivity index (χ1) is 12.9. The summed E-state index contributed by atoms with van der Waals surface area (Å²) >= 11 is 7.23. The van der Waals surface area contributed by atoms with E-state index in [1.165, 1.54) is 11.8 Å². The van der Waals surface area contributed by atoms with Crippen LogP contribution in [0.4, 0.5) is 5.69 Å². The highest BCUT2D eigenvalue weighted by Gasteiger charge is 2.20. The molecule has 0 saturated carbocycles. The van der Waals surface area contributed by atoms with Crippen LogP contribution in [0.15, 0.2) is 58.5 Å². The van der Waals surface area contributed by atoms with E-state index in [1.54, 1.807) is 41.8 Å². The third kappa shape index (κ3) is 4.34. The van der Waals surface area contributed by atoms with Crippen molar-refractivity contribution in [2.75, 3.05) is 5.32 Å². The number of fused-ring (bicyclic) bond motifs is 1. The summed E-state index contributed by atoms with van der Waals surface area (Å²) in [5.74, 6) is -0.181. The van der Waals surface area contributed by atoms with E-state index in [0.717, 1.165) is 0 Å². The van der Waals surface area contributed by atoms with E-state index in [-0.39, 0.29) is 17.5 Å². The van der Waals surface area contributed by atoms with E-state index in [9.17, 15) is 9.59 Å². The van der Waals surface area contributed by atoms with E-state index in [4.69, 9.17) is 11.6 Å². The number of rotatable bonds is 5. The maximum atomic E-state index is 12.9. The van der Waals surface area contributed by atoms with Crippen LogP contribution in [0.25, 0.3) is 10.9 Å². The Morgan fingerprint density at radius 2 is 1.89 bits per heavy atom. The van der Waals surface area contributed by atoms with Crippen molar-refractivity contribution in [1.82, 2.24) is 9.55 Å². The summed E-state index contributed by atoms with van der Waals surface area (Å²) < 4.78 is 1.64. The molecule has 0 saturated heterocycles. The van der Waals surface area contributed by atoms with E-state index >= 15 is 0 Å². The molecule has 140 valence electrons. The first kappa shape index (κ1) is 19.5. The Balaban J connectivity index is 1.89. The van der Waals surface area contributed by atoms with Gasteiger partial charge in [0.2, 0.25) is 5.91 Å². The van der Waals surface area contributed by atoms with E-state index in [0.29, 0.717) is 26.8 Å². The maximum absolute atomic E-state index is 12.9. The average Bonchev–Trinajstić information content (AvgIpc) is 2.61. The molecule has 3 aromatic rings. The lowest BCUT2D eigenvalue weighted by Crippen LogP contribution is -2.28. The molecule has 1 amide bonds. The predicted molar refractivity (Wildman–Crippen MR) is 112 cm³/mol. The number of halogens is 1. The number of thioether (sulfide) groups is 1. The topological polar surface area (TPSA) is 64.0 Å². The van der Waals surface area contributed by atoms with Gasteiger partial charge in [-0.05, 0) is 51.1 Å². The number of nitrogens with zero attached hydrogens (tertiary/aromatic N) is 2. The second-order valence-corrected chi connectivity index (χ2v) is 8.18. The van der Waals surface area contributed by atoms with Gasteiger partial charge < -0.3 is 5.32 Å². The third-order valence-electron chi connectivity index (χ3n) is 4.04. The summed E-state index contributed by atoms with van der Waals surface area (Å²) in [4.78, 5) is 30.1. The SMILES string of the molecule is CC(C)n1c(S[C@H](C)C(=O)Nc2cccc(Cl)c2)nc2ccccc2c1=O. The van der Waals surface area contributed by atoms with Gasteiger partial charge in [-0.1, -0.05) is 41.6 Å². The van der Waals surface area contributed by atoms with Gasteiger partial charge in [-0.15, -0.1) is 0 Å². The van der Waals surface area contributed by atoms with Gasteiger partial charge in [-0.25, -0.2) is 4.98 Å². The largest absolute Gasteiger partial charge is 0.325 e. The van der Waals surface area contributed by atoms with Crippen LogP contribution in [0, 0.1) is 0 Å². The van der Waals surface area contributed by atoms with E-state index in [1.807, 2.05) is 32.0 Å². The zero-order valence-corrected chi connectivity index (χ0v) is 16.8. The van der Waals surface area contributed by atoms with Crippen LogP contribution in [0.5, 0.6) is 0 Å². The van der Waals surface area contributed by atoms with Crippen molar-refractivity contribution in [3.05, 3.63) is 63.9 Å². The molecule has 0 unspecified atom stereocenters. The Bertz CT molecular complexity index is 1050. The van der Waals surface area contributed by atoms with Crippen LogP contribution >= 0.6 is 23.4 Å². The smallest absolute Gasteiger partial charge is 0.262 e. The number of para-hydroxylation sites is 1. The van der Waals surface area contributed by atoms with Crippen LogP contribution < -0.4 is 10.9 Å². The Morgan fingerprint density at radius 3 is 2.59 bits per heavy atom. The van der Waals surface area contributed by atoms with Gasteiger partial charge in [0, 0.05) is 16.8 Å². The molecule has 1 atom stereocenters. The molecule has 1 N–H and O–H groups in total. The number of hydrogen-bond donors (Lipinski definition) is 1. The second-order valence-electron chi connectivity index (χ2n) is 6.44. The van der Waals surface area contributed by atoms with Crippen molar-refractivity contribution in [2.24, 2.45) is 0 Å². The summed E-state index contributed by atoms with van der Waals surface area (Å²) in [7, 11) is 0. The zero-order chi connectivity index (χ0) is 19.6. The van der Waals surface area contributed by atoms with Gasteiger partial charge in [0.05, 0.1) is 16.2 Å². The number of hydrogen-bond acceptors (Lipinski definition) is 4. The molecule has 0 radical (unpaired) electrons. The lowest BCUT2D eigenvalue weighted by molar-refractivity contribution is -0.115. The molecule has 0 aliphatic rings. The van der Waals surface area contributed by atoms with E-state index in [2.05, 4.69) is 10.3 Å². The molecule has 0 aliphatic heterocycles. The Labute approximate surface area is 166 Å². The molecule has 2 aromatic carbocycles. The second kappa shape index (κ2) is 8.15. The summed E-state index contributed by atoms with van der Waals surface area (Å²) in [5, 5.41) is 4.06. The van der Waals surface area contributed by atoms with Gasteiger partial charge >= 0.3 is 0 Å². The number of benzene rings is 2. The minimum Gasteiger partial charge on any atom is -0.325 e. The standard InChI is InChI=1S/C20H20ClN3O2S/c1-12(2)24-19(26)16-9-4-5-10-17(16)23-20(24)27-13(3)18(25)22-15-8-6-7-14(21)11-15/h4-13H,1-3H3,(H,22,25)/t13-/m1/s1. The van der Waals surface area contributed by atoms with Crippen molar-refractivity contribution in [3.8, 4) is 0 Å². The van der Waals surface area contributed by atoms with Gasteiger partial charge in [-0.3, -0.25) is 14.2 Å². The third-order valence-corrected chi connectivity index (χ3v) is 5.34. The van der Waals surface area contributed by atoms with Crippen LogP contribution in [-0.4, -0.2) is 20.7 Å². The van der Waals surface area contributed by atoms with Crippen LogP contribution in [0.2, 0.25) is 5.02 Å². The monoisotopic (exact) mass is 401 g/mol. The summed E-state index contributed by atoms with van der Waals surface area (Å²) in [6, 6.07) is 14.2. The fourth-order valence-electron chi connectivity index (χ4n) is 2.69. The first-order valence-electron chi connectivity index (χ1n) is 8.61. The van der Waals surface area contributed by atoms with Crippen LogP contribution in [0.1, 0.15) is 26.8 Å². The molecule has 3 rings (SSSR count). The summed E-state index contributed by atoms with van der Waals surface area (Å²) in [6.07, 6.45) is 0. The minimum atomic E-state index is -0.443. The molecular weight excluding hydrogens is 382 g/mol. The zero-order valence-electron chi connectivity index (χ0n) is 15.3. The Kier molecular flexibility index (Phi) is 5.87. The Hall–Kier alpha value is -2.31.